The number of rotatable bonds is 6. The van der Waals surface area contributed by atoms with Crippen LogP contribution in [0.5, 0.6) is 0 Å². The third-order valence-corrected chi connectivity index (χ3v) is 2.38. The Morgan fingerprint density at radius 3 is 3.00 bits per heavy atom. The number of nitrogens with one attached hydrogen (secondary N) is 1. The lowest BCUT2D eigenvalue weighted by atomic mass is 10.3. The van der Waals surface area contributed by atoms with Crippen molar-refractivity contribution < 1.29 is 15.0 Å². The lowest BCUT2D eigenvalue weighted by molar-refractivity contribution is 0.105. The van der Waals surface area contributed by atoms with Gasteiger partial charge < -0.3 is 15.5 Å². The van der Waals surface area contributed by atoms with Gasteiger partial charge in [0.25, 0.3) is 0 Å². The van der Waals surface area contributed by atoms with Crippen LogP contribution in [0.15, 0.2) is 11.4 Å². The van der Waals surface area contributed by atoms with Gasteiger partial charge in [-0.1, -0.05) is 11.8 Å². The molecule has 1 rings (SSSR count). The van der Waals surface area contributed by atoms with Crippen LogP contribution >= 0.6 is 11.8 Å². The van der Waals surface area contributed by atoms with E-state index in [4.69, 9.17) is 10.2 Å². The number of nitrogens with zero attached hydrogens (tertiary/aromatic N) is 2. The summed E-state index contributed by atoms with van der Waals surface area (Å²) in [6.45, 7) is -0.216. The van der Waals surface area contributed by atoms with Gasteiger partial charge in [0.05, 0.1) is 18.3 Å². The van der Waals surface area contributed by atoms with Crippen molar-refractivity contribution in [3.63, 3.8) is 0 Å². The minimum Gasteiger partial charge on any atom is -0.394 e. The molecule has 1 heterocycles. The van der Waals surface area contributed by atoms with Gasteiger partial charge in [-0.05, 0) is 6.26 Å². The maximum Gasteiger partial charge on any atom is 0.189 e. The van der Waals surface area contributed by atoms with E-state index < -0.39 is 6.10 Å². The number of carbonyl (C=O) groups excluding carboxylic acids is 1. The van der Waals surface area contributed by atoms with Crippen LogP contribution < -0.4 is 5.32 Å². The van der Waals surface area contributed by atoms with Crippen LogP contribution in [-0.4, -0.2) is 52.0 Å². The normalized spacial score (nSPS) is 12.2. The van der Waals surface area contributed by atoms with Gasteiger partial charge in [-0.2, -0.15) is 0 Å². The van der Waals surface area contributed by atoms with Gasteiger partial charge in [-0.15, -0.1) is 0 Å². The van der Waals surface area contributed by atoms with Crippen LogP contribution in [-0.2, 0) is 0 Å². The van der Waals surface area contributed by atoms with Crippen molar-refractivity contribution in [2.75, 3.05) is 24.7 Å². The van der Waals surface area contributed by atoms with Crippen molar-refractivity contribution in [2.45, 2.75) is 11.3 Å². The van der Waals surface area contributed by atoms with E-state index in [1.165, 1.54) is 18.0 Å². The summed E-state index contributed by atoms with van der Waals surface area (Å²) in [5.41, 5.74) is 0.322. The van der Waals surface area contributed by atoms with E-state index in [-0.39, 0.29) is 13.2 Å². The Balaban J connectivity index is 2.79. The van der Waals surface area contributed by atoms with E-state index in [9.17, 15) is 4.79 Å². The SMILES string of the molecule is CSc1ncc(C=O)c(NCC(O)CO)n1. The molecule has 1 atom stereocenters. The summed E-state index contributed by atoms with van der Waals surface area (Å²) < 4.78 is 0. The number of hydrogen-bond acceptors (Lipinski definition) is 7. The Bertz CT molecular complexity index is 362. The van der Waals surface area contributed by atoms with Crippen molar-refractivity contribution in [3.05, 3.63) is 11.8 Å². The smallest absolute Gasteiger partial charge is 0.189 e. The molecule has 0 aromatic carbocycles. The van der Waals surface area contributed by atoms with Gasteiger partial charge >= 0.3 is 0 Å². The first-order valence-electron chi connectivity index (χ1n) is 4.60. The Hall–Kier alpha value is -1.18. The first kappa shape index (κ1) is 12.9. The number of hydrogen-bond donors (Lipinski definition) is 3. The molecular weight excluding hydrogens is 230 g/mol. The Labute approximate surface area is 97.1 Å². The summed E-state index contributed by atoms with van der Waals surface area (Å²) in [4.78, 5) is 18.7. The summed E-state index contributed by atoms with van der Waals surface area (Å²) in [5.74, 6) is 0.363. The molecule has 0 saturated carbocycles. The second-order valence-electron chi connectivity index (χ2n) is 3.00. The van der Waals surface area contributed by atoms with Crippen LogP contribution in [0.25, 0.3) is 0 Å². The fourth-order valence-corrected chi connectivity index (χ4v) is 1.32. The van der Waals surface area contributed by atoms with Crippen molar-refractivity contribution in [3.8, 4) is 0 Å². The molecule has 1 aromatic heterocycles. The Morgan fingerprint density at radius 2 is 2.44 bits per heavy atom. The van der Waals surface area contributed by atoms with Gasteiger partial charge in [0, 0.05) is 12.7 Å². The third-order valence-electron chi connectivity index (χ3n) is 1.82. The van der Waals surface area contributed by atoms with Crippen molar-refractivity contribution in [1.82, 2.24) is 9.97 Å². The van der Waals surface area contributed by atoms with Crippen molar-refractivity contribution in [2.24, 2.45) is 0 Å². The molecule has 0 aliphatic heterocycles. The van der Waals surface area contributed by atoms with E-state index in [0.29, 0.717) is 22.8 Å². The summed E-state index contributed by atoms with van der Waals surface area (Å²) >= 11 is 1.35. The van der Waals surface area contributed by atoms with Crippen LogP contribution in [0.1, 0.15) is 10.4 Å². The highest BCUT2D eigenvalue weighted by Gasteiger charge is 2.08. The highest BCUT2D eigenvalue weighted by atomic mass is 32.2. The number of thioether (sulfide) groups is 1. The number of aliphatic hydroxyl groups excluding tert-OH is 2. The fourth-order valence-electron chi connectivity index (χ4n) is 0.980. The summed E-state index contributed by atoms with van der Waals surface area (Å²) in [6.07, 6.45) is 2.99. The molecule has 7 heteroatoms. The number of anilines is 1. The highest BCUT2D eigenvalue weighted by molar-refractivity contribution is 7.98. The summed E-state index contributed by atoms with van der Waals surface area (Å²) in [6, 6.07) is 0. The largest absolute Gasteiger partial charge is 0.394 e. The van der Waals surface area contributed by atoms with Crippen molar-refractivity contribution in [1.29, 1.82) is 0 Å². The molecule has 0 aliphatic rings. The Morgan fingerprint density at radius 1 is 1.69 bits per heavy atom. The monoisotopic (exact) mass is 243 g/mol. The molecule has 0 aliphatic carbocycles. The van der Waals surface area contributed by atoms with Gasteiger partial charge in [-0.25, -0.2) is 9.97 Å². The van der Waals surface area contributed by atoms with E-state index in [1.54, 1.807) is 0 Å². The lowest BCUT2D eigenvalue weighted by Gasteiger charge is -2.11. The molecule has 0 amide bonds. The highest BCUT2D eigenvalue weighted by Crippen LogP contribution is 2.14. The minimum atomic E-state index is -0.882. The second-order valence-corrected chi connectivity index (χ2v) is 3.77. The lowest BCUT2D eigenvalue weighted by Crippen LogP contribution is -2.24. The number of aliphatic hydroxyl groups is 2. The molecular formula is C9H13N3O3S. The molecule has 1 aromatic rings. The molecule has 0 bridgehead atoms. The molecule has 0 radical (unpaired) electrons. The first-order valence-corrected chi connectivity index (χ1v) is 5.82. The molecule has 1 unspecified atom stereocenters. The van der Waals surface area contributed by atoms with Gasteiger partial charge in [0.2, 0.25) is 0 Å². The van der Waals surface area contributed by atoms with Crippen LogP contribution in [0, 0.1) is 0 Å². The second kappa shape index (κ2) is 6.41. The first-order chi connectivity index (χ1) is 7.71. The molecule has 0 saturated heterocycles. The van der Waals surface area contributed by atoms with Crippen LogP contribution in [0.4, 0.5) is 5.82 Å². The van der Waals surface area contributed by atoms with Crippen LogP contribution in [0.2, 0.25) is 0 Å². The molecule has 0 fully saturated rings. The standard InChI is InChI=1S/C9H13N3O3S/c1-16-9-11-2-6(4-13)8(12-9)10-3-7(15)5-14/h2,4,7,14-15H,3,5H2,1H3,(H,10,11,12). The quantitative estimate of drug-likeness (QED) is 0.361. The van der Waals surface area contributed by atoms with Gasteiger partial charge in [-0.3, -0.25) is 4.79 Å². The number of aldehydes is 1. The number of carbonyl (C=O) groups is 1. The minimum absolute atomic E-state index is 0.127. The van der Waals surface area contributed by atoms with Gasteiger partial charge in [0.15, 0.2) is 11.4 Å². The fraction of sp³-hybridized carbons (Fsp3) is 0.444. The predicted octanol–water partition coefficient (Wildman–Crippen LogP) is -0.224. The summed E-state index contributed by atoms with van der Waals surface area (Å²) in [7, 11) is 0. The maximum absolute atomic E-state index is 10.7. The average molecular weight is 243 g/mol. The average Bonchev–Trinajstić information content (AvgIpc) is 2.35. The zero-order chi connectivity index (χ0) is 12.0. The third kappa shape index (κ3) is 3.44. The molecule has 0 spiro atoms. The molecule has 3 N–H and O–H groups in total. The molecule has 6 nitrogen and oxygen atoms in total. The van der Waals surface area contributed by atoms with E-state index in [2.05, 4.69) is 15.3 Å². The predicted molar refractivity (Wildman–Crippen MR) is 60.8 cm³/mol. The van der Waals surface area contributed by atoms with E-state index >= 15 is 0 Å². The Kier molecular flexibility index (Phi) is 5.17. The van der Waals surface area contributed by atoms with Gasteiger partial charge in [0.1, 0.15) is 5.82 Å². The molecule has 88 valence electrons. The zero-order valence-electron chi connectivity index (χ0n) is 8.75. The number of aromatic nitrogens is 2. The topological polar surface area (TPSA) is 95.3 Å². The van der Waals surface area contributed by atoms with Crippen LogP contribution in [0.3, 0.4) is 0 Å². The zero-order valence-corrected chi connectivity index (χ0v) is 9.57. The van der Waals surface area contributed by atoms with E-state index in [1.807, 2.05) is 6.26 Å². The van der Waals surface area contributed by atoms with E-state index in [0.717, 1.165) is 0 Å². The van der Waals surface area contributed by atoms with Crippen molar-refractivity contribution >= 4 is 23.9 Å². The molecule has 16 heavy (non-hydrogen) atoms. The summed E-state index contributed by atoms with van der Waals surface area (Å²) in [5, 5.41) is 21.1. The maximum atomic E-state index is 10.7.